The molecule has 0 unspecified atom stereocenters. The number of hydrogen-bond acceptors (Lipinski definition) is 4. The van der Waals surface area contributed by atoms with Crippen molar-refractivity contribution in [3.05, 3.63) is 29.8 Å². The fourth-order valence-electron chi connectivity index (χ4n) is 3.45. The van der Waals surface area contributed by atoms with Crippen molar-refractivity contribution >= 4 is 23.8 Å². The Morgan fingerprint density at radius 1 is 1.21 bits per heavy atom. The molecule has 5 nitrogen and oxygen atoms in total. The third-order valence-corrected chi connectivity index (χ3v) is 5.01. The second-order valence-corrected chi connectivity index (χ2v) is 6.60. The van der Waals surface area contributed by atoms with Gasteiger partial charge >= 0.3 is 0 Å². The number of carbonyl (C=O) groups is 3. The number of carbonyl (C=O) groups excluding carboxylic acids is 3. The lowest BCUT2D eigenvalue weighted by molar-refractivity contribution is -0.134. The third-order valence-electron chi connectivity index (χ3n) is 5.01. The van der Waals surface area contributed by atoms with Crippen molar-refractivity contribution < 1.29 is 18.8 Å². The van der Waals surface area contributed by atoms with Gasteiger partial charge in [-0.15, -0.1) is 0 Å². The van der Waals surface area contributed by atoms with Gasteiger partial charge in [0.25, 0.3) is 0 Å². The van der Waals surface area contributed by atoms with Crippen LogP contribution in [0.1, 0.15) is 43.6 Å². The fourth-order valence-corrected chi connectivity index (χ4v) is 3.45. The molecule has 24 heavy (non-hydrogen) atoms. The number of piperidine rings is 2. The number of imide groups is 1. The second-order valence-electron chi connectivity index (χ2n) is 6.60. The number of anilines is 1. The Bertz CT molecular complexity index is 636. The van der Waals surface area contributed by atoms with Crippen molar-refractivity contribution in [2.24, 2.45) is 0 Å². The average molecular weight is 332 g/mol. The first kappa shape index (κ1) is 16.6. The molecule has 2 aliphatic heterocycles. The van der Waals surface area contributed by atoms with E-state index in [9.17, 15) is 18.8 Å². The lowest BCUT2D eigenvalue weighted by atomic mass is 9.89. The monoisotopic (exact) mass is 332 g/mol. The van der Waals surface area contributed by atoms with Gasteiger partial charge in [-0.3, -0.25) is 14.9 Å². The van der Waals surface area contributed by atoms with Gasteiger partial charge in [-0.25, -0.2) is 4.39 Å². The molecule has 0 aliphatic carbocycles. The van der Waals surface area contributed by atoms with Crippen molar-refractivity contribution in [3.8, 4) is 0 Å². The Morgan fingerprint density at radius 2 is 1.88 bits per heavy atom. The molecule has 1 aromatic carbocycles. The molecule has 1 aromatic rings. The lowest BCUT2D eigenvalue weighted by Crippen LogP contribution is -2.42. The number of aldehydes is 1. The molecule has 0 aromatic heterocycles. The van der Waals surface area contributed by atoms with Gasteiger partial charge in [-0.1, -0.05) is 12.1 Å². The number of rotatable bonds is 4. The van der Waals surface area contributed by atoms with Crippen LogP contribution >= 0.6 is 0 Å². The van der Waals surface area contributed by atoms with Crippen molar-refractivity contribution in [3.63, 3.8) is 0 Å². The van der Waals surface area contributed by atoms with E-state index < -0.39 is 5.67 Å². The van der Waals surface area contributed by atoms with Crippen LogP contribution in [0.3, 0.4) is 0 Å². The summed E-state index contributed by atoms with van der Waals surface area (Å²) in [7, 11) is 0. The Labute approximate surface area is 140 Å². The van der Waals surface area contributed by atoms with Crippen molar-refractivity contribution in [1.29, 1.82) is 0 Å². The fraction of sp³-hybridized carbons (Fsp3) is 0.500. The molecule has 1 atom stereocenters. The molecule has 2 heterocycles. The normalized spacial score (nSPS) is 23.7. The Balaban J connectivity index is 1.64. The summed E-state index contributed by atoms with van der Waals surface area (Å²) in [5.41, 5.74) is 0.506. The molecule has 2 saturated heterocycles. The number of alkyl halides is 1. The molecule has 0 radical (unpaired) electrons. The van der Waals surface area contributed by atoms with Gasteiger partial charge in [0.15, 0.2) is 0 Å². The highest BCUT2D eigenvalue weighted by Crippen LogP contribution is 2.32. The first-order valence-corrected chi connectivity index (χ1v) is 8.32. The van der Waals surface area contributed by atoms with Crippen LogP contribution in [0.15, 0.2) is 24.3 Å². The first-order valence-electron chi connectivity index (χ1n) is 8.32. The Morgan fingerprint density at radius 3 is 2.46 bits per heavy atom. The number of benzene rings is 1. The van der Waals surface area contributed by atoms with E-state index in [4.69, 9.17) is 0 Å². The SMILES string of the molecule is O=CCC1(F)CCN(c2ccc([C@@H]3CCC(=O)NC3=O)cc2)CC1. The summed E-state index contributed by atoms with van der Waals surface area (Å²) in [6, 6.07) is 7.67. The van der Waals surface area contributed by atoms with Gasteiger partial charge in [-0.2, -0.15) is 0 Å². The number of nitrogens with one attached hydrogen (secondary N) is 1. The Hall–Kier alpha value is -2.24. The highest BCUT2D eigenvalue weighted by atomic mass is 19.1. The zero-order chi connectivity index (χ0) is 17.2. The molecular formula is C18H21FN2O3. The van der Waals surface area contributed by atoms with Crippen molar-refractivity contribution in [2.75, 3.05) is 18.0 Å². The molecule has 3 rings (SSSR count). The van der Waals surface area contributed by atoms with Crippen LogP contribution in [0, 0.1) is 0 Å². The summed E-state index contributed by atoms with van der Waals surface area (Å²) in [4.78, 5) is 35.8. The van der Waals surface area contributed by atoms with E-state index in [1.165, 1.54) is 0 Å². The molecule has 2 amide bonds. The number of nitrogens with zero attached hydrogens (tertiary/aromatic N) is 1. The second kappa shape index (κ2) is 6.71. The minimum atomic E-state index is -1.37. The van der Waals surface area contributed by atoms with Crippen LogP contribution in [0.5, 0.6) is 0 Å². The molecular weight excluding hydrogens is 311 g/mol. The molecule has 1 N–H and O–H groups in total. The lowest BCUT2D eigenvalue weighted by Gasteiger charge is -2.37. The molecule has 0 saturated carbocycles. The van der Waals surface area contributed by atoms with Gasteiger partial charge in [0.05, 0.1) is 5.92 Å². The van der Waals surface area contributed by atoms with Crippen LogP contribution < -0.4 is 10.2 Å². The van der Waals surface area contributed by atoms with Gasteiger partial charge < -0.3 is 9.69 Å². The van der Waals surface area contributed by atoms with Gasteiger partial charge in [0.2, 0.25) is 11.8 Å². The van der Waals surface area contributed by atoms with Gasteiger partial charge in [0.1, 0.15) is 12.0 Å². The zero-order valence-corrected chi connectivity index (χ0v) is 13.5. The Kier molecular flexibility index (Phi) is 4.64. The molecule has 128 valence electrons. The minimum Gasteiger partial charge on any atom is -0.371 e. The van der Waals surface area contributed by atoms with E-state index >= 15 is 0 Å². The highest BCUT2D eigenvalue weighted by molar-refractivity contribution is 6.00. The number of halogens is 1. The van der Waals surface area contributed by atoms with Gasteiger partial charge in [0, 0.05) is 31.6 Å². The van der Waals surface area contributed by atoms with E-state index in [1.54, 1.807) is 0 Å². The van der Waals surface area contributed by atoms with E-state index in [1.807, 2.05) is 24.3 Å². The van der Waals surface area contributed by atoms with Crippen LogP contribution in [0.2, 0.25) is 0 Å². The zero-order valence-electron chi connectivity index (χ0n) is 13.5. The maximum absolute atomic E-state index is 14.3. The van der Waals surface area contributed by atoms with Crippen LogP contribution in [-0.2, 0) is 14.4 Å². The van der Waals surface area contributed by atoms with E-state index in [-0.39, 0.29) is 24.2 Å². The summed E-state index contributed by atoms with van der Waals surface area (Å²) >= 11 is 0. The molecule has 6 heteroatoms. The highest BCUT2D eigenvalue weighted by Gasteiger charge is 2.34. The molecule has 0 bridgehead atoms. The van der Waals surface area contributed by atoms with E-state index in [2.05, 4.69) is 10.2 Å². The van der Waals surface area contributed by atoms with Crippen LogP contribution in [0.4, 0.5) is 10.1 Å². The summed E-state index contributed by atoms with van der Waals surface area (Å²) in [6.45, 7) is 1.14. The maximum atomic E-state index is 14.3. The largest absolute Gasteiger partial charge is 0.371 e. The van der Waals surface area contributed by atoms with Gasteiger partial charge in [-0.05, 0) is 37.0 Å². The summed E-state index contributed by atoms with van der Waals surface area (Å²) in [6.07, 6.45) is 2.21. The molecule has 2 aliphatic rings. The number of hydrogen-bond donors (Lipinski definition) is 1. The standard InChI is InChI=1S/C18H21FN2O3/c19-18(9-12-22)7-10-21(11-8-18)14-3-1-13(2-4-14)15-5-6-16(23)20-17(15)24/h1-4,12,15H,5-11H2,(H,20,23,24)/t15-/m0/s1. The molecule has 2 fully saturated rings. The van der Waals surface area contributed by atoms with E-state index in [0.717, 1.165) is 11.3 Å². The van der Waals surface area contributed by atoms with Crippen LogP contribution in [0.25, 0.3) is 0 Å². The summed E-state index contributed by atoms with van der Waals surface area (Å²) < 4.78 is 14.3. The average Bonchev–Trinajstić information content (AvgIpc) is 2.56. The third kappa shape index (κ3) is 3.47. The summed E-state index contributed by atoms with van der Waals surface area (Å²) in [5.74, 6) is -0.747. The summed E-state index contributed by atoms with van der Waals surface area (Å²) in [5, 5.41) is 2.37. The van der Waals surface area contributed by atoms with Crippen molar-refractivity contribution in [1.82, 2.24) is 5.32 Å². The maximum Gasteiger partial charge on any atom is 0.234 e. The van der Waals surface area contributed by atoms with Crippen molar-refractivity contribution in [2.45, 2.75) is 43.7 Å². The smallest absolute Gasteiger partial charge is 0.234 e. The number of amides is 2. The first-order chi connectivity index (χ1) is 11.5. The minimum absolute atomic E-state index is 0.0325. The quantitative estimate of drug-likeness (QED) is 0.677. The predicted molar refractivity (Wildman–Crippen MR) is 87.5 cm³/mol. The van der Waals surface area contributed by atoms with Crippen LogP contribution in [-0.4, -0.2) is 36.9 Å². The van der Waals surface area contributed by atoms with E-state index in [0.29, 0.717) is 45.1 Å². The topological polar surface area (TPSA) is 66.5 Å². The predicted octanol–water partition coefficient (Wildman–Crippen LogP) is 2.10. The molecule has 0 spiro atoms.